The molecule has 108 valence electrons. The summed E-state index contributed by atoms with van der Waals surface area (Å²) in [7, 11) is 0. The van der Waals surface area contributed by atoms with E-state index < -0.39 is 0 Å². The van der Waals surface area contributed by atoms with Crippen LogP contribution in [-0.2, 0) is 6.54 Å². The molecule has 0 atom stereocenters. The first-order valence-electron chi connectivity index (χ1n) is 7.59. The van der Waals surface area contributed by atoms with E-state index in [-0.39, 0.29) is 5.78 Å². The molecule has 4 rings (SSSR count). The van der Waals surface area contributed by atoms with Crippen LogP contribution in [0.1, 0.15) is 23.5 Å². The molecule has 0 unspecified atom stereocenters. The summed E-state index contributed by atoms with van der Waals surface area (Å²) in [6, 6.07) is 20.3. The molecule has 0 saturated heterocycles. The van der Waals surface area contributed by atoms with E-state index in [9.17, 15) is 4.79 Å². The number of hydrogen-bond donors (Lipinski definition) is 0. The smallest absolute Gasteiger partial charge is 0.198 e. The van der Waals surface area contributed by atoms with Crippen molar-refractivity contribution in [2.24, 2.45) is 0 Å². The monoisotopic (exact) mass is 288 g/mol. The molecule has 3 nitrogen and oxygen atoms in total. The van der Waals surface area contributed by atoms with Crippen molar-refractivity contribution in [2.45, 2.75) is 19.4 Å². The molecule has 0 fully saturated rings. The SMILES string of the molecule is O=C1CCCn2c1nc(-c1ccccc1)c2-c1ccccc1. The number of nitrogens with zero attached hydrogens (tertiary/aromatic N) is 2. The number of aromatic nitrogens is 2. The molecule has 0 N–H and O–H groups in total. The van der Waals surface area contributed by atoms with Crippen LogP contribution in [-0.4, -0.2) is 15.3 Å². The Kier molecular flexibility index (Phi) is 3.11. The van der Waals surface area contributed by atoms with Crippen molar-refractivity contribution in [3.63, 3.8) is 0 Å². The number of ketones is 1. The highest BCUT2D eigenvalue weighted by Crippen LogP contribution is 2.34. The number of hydrogen-bond acceptors (Lipinski definition) is 2. The van der Waals surface area contributed by atoms with Crippen molar-refractivity contribution >= 4 is 5.78 Å². The molecular formula is C19H16N2O. The first-order chi connectivity index (χ1) is 10.8. The van der Waals surface area contributed by atoms with Crippen LogP contribution in [0.5, 0.6) is 0 Å². The Balaban J connectivity index is 2.00. The van der Waals surface area contributed by atoms with Crippen molar-refractivity contribution in [1.82, 2.24) is 9.55 Å². The standard InChI is InChI=1S/C19H16N2O/c22-16-12-7-13-21-18(15-10-5-2-6-11-15)17(20-19(16)21)14-8-3-1-4-9-14/h1-6,8-11H,7,12-13H2. The summed E-state index contributed by atoms with van der Waals surface area (Å²) in [6.45, 7) is 0.852. The van der Waals surface area contributed by atoms with Crippen LogP contribution in [0.4, 0.5) is 0 Å². The molecule has 0 amide bonds. The van der Waals surface area contributed by atoms with E-state index in [1.807, 2.05) is 48.5 Å². The summed E-state index contributed by atoms with van der Waals surface area (Å²) in [5.74, 6) is 0.745. The maximum absolute atomic E-state index is 12.2. The average Bonchev–Trinajstić information content (AvgIpc) is 2.97. The molecule has 0 saturated carbocycles. The van der Waals surface area contributed by atoms with Crippen molar-refractivity contribution in [1.29, 1.82) is 0 Å². The van der Waals surface area contributed by atoms with Crippen LogP contribution in [0.15, 0.2) is 60.7 Å². The van der Waals surface area contributed by atoms with E-state index in [1.165, 1.54) is 0 Å². The molecule has 2 heterocycles. The summed E-state index contributed by atoms with van der Waals surface area (Å²) < 4.78 is 2.09. The van der Waals surface area contributed by atoms with Gasteiger partial charge in [-0.3, -0.25) is 4.79 Å². The minimum Gasteiger partial charge on any atom is -0.321 e. The Bertz CT molecular complexity index is 819. The minimum absolute atomic E-state index is 0.144. The van der Waals surface area contributed by atoms with Crippen molar-refractivity contribution in [2.75, 3.05) is 0 Å². The highest BCUT2D eigenvalue weighted by Gasteiger charge is 2.26. The predicted molar refractivity (Wildman–Crippen MR) is 86.7 cm³/mol. The van der Waals surface area contributed by atoms with Crippen LogP contribution in [0.25, 0.3) is 22.5 Å². The van der Waals surface area contributed by atoms with Gasteiger partial charge in [-0.1, -0.05) is 60.7 Å². The minimum atomic E-state index is 0.144. The lowest BCUT2D eigenvalue weighted by Crippen LogP contribution is -2.17. The topological polar surface area (TPSA) is 34.9 Å². The molecule has 0 bridgehead atoms. The van der Waals surface area contributed by atoms with Crippen LogP contribution < -0.4 is 0 Å². The fourth-order valence-electron chi connectivity index (χ4n) is 3.08. The molecular weight excluding hydrogens is 272 g/mol. The molecule has 1 aliphatic heterocycles. The first-order valence-corrected chi connectivity index (χ1v) is 7.59. The second kappa shape index (κ2) is 5.26. The lowest BCUT2D eigenvalue weighted by molar-refractivity contribution is 0.0949. The average molecular weight is 288 g/mol. The molecule has 1 aliphatic rings. The number of fused-ring (bicyclic) bond motifs is 1. The van der Waals surface area contributed by atoms with Gasteiger partial charge in [0.25, 0.3) is 0 Å². The quantitative estimate of drug-likeness (QED) is 0.708. The van der Waals surface area contributed by atoms with E-state index >= 15 is 0 Å². The zero-order valence-electron chi connectivity index (χ0n) is 12.2. The molecule has 1 aromatic heterocycles. The lowest BCUT2D eigenvalue weighted by Gasteiger charge is -2.16. The normalized spacial score (nSPS) is 13.9. The van der Waals surface area contributed by atoms with E-state index in [4.69, 9.17) is 4.98 Å². The molecule has 22 heavy (non-hydrogen) atoms. The highest BCUT2D eigenvalue weighted by atomic mass is 16.1. The van der Waals surface area contributed by atoms with Gasteiger partial charge in [0.2, 0.25) is 0 Å². The van der Waals surface area contributed by atoms with E-state index in [1.54, 1.807) is 0 Å². The Morgan fingerprint density at radius 2 is 1.50 bits per heavy atom. The van der Waals surface area contributed by atoms with Gasteiger partial charge in [-0.15, -0.1) is 0 Å². The Labute approximate surface area is 129 Å². The van der Waals surface area contributed by atoms with Crippen molar-refractivity contribution in [3.8, 4) is 22.5 Å². The van der Waals surface area contributed by atoms with Crippen LogP contribution in [0.3, 0.4) is 0 Å². The first kappa shape index (κ1) is 13.0. The number of carbonyl (C=O) groups excluding carboxylic acids is 1. The summed E-state index contributed by atoms with van der Waals surface area (Å²) in [4.78, 5) is 16.9. The number of Topliss-reactive ketones (excluding diaryl/α,β-unsaturated/α-hetero) is 1. The molecule has 0 spiro atoms. The third-order valence-corrected chi connectivity index (χ3v) is 4.10. The fraction of sp³-hybridized carbons (Fsp3) is 0.158. The van der Waals surface area contributed by atoms with Gasteiger partial charge in [0, 0.05) is 24.1 Å². The van der Waals surface area contributed by atoms with Gasteiger partial charge >= 0.3 is 0 Å². The molecule has 3 heteroatoms. The number of carbonyl (C=O) groups is 1. The zero-order valence-corrected chi connectivity index (χ0v) is 12.2. The molecule has 3 aromatic rings. The molecule has 0 radical (unpaired) electrons. The van der Waals surface area contributed by atoms with Gasteiger partial charge in [0.05, 0.1) is 11.4 Å². The third-order valence-electron chi connectivity index (χ3n) is 4.10. The fourth-order valence-corrected chi connectivity index (χ4v) is 3.08. The summed E-state index contributed by atoms with van der Waals surface area (Å²) in [5, 5.41) is 0. The highest BCUT2D eigenvalue weighted by molar-refractivity contribution is 5.96. The predicted octanol–water partition coefficient (Wildman–Crippen LogP) is 4.19. The number of rotatable bonds is 2. The Morgan fingerprint density at radius 1 is 0.864 bits per heavy atom. The van der Waals surface area contributed by atoms with Crippen LogP contribution in [0, 0.1) is 0 Å². The summed E-state index contributed by atoms with van der Waals surface area (Å²) in [5.41, 5.74) is 4.11. The van der Waals surface area contributed by atoms with E-state index in [0.717, 1.165) is 35.5 Å². The summed E-state index contributed by atoms with van der Waals surface area (Å²) in [6.07, 6.45) is 1.48. The Hall–Kier alpha value is -2.68. The van der Waals surface area contributed by atoms with E-state index in [2.05, 4.69) is 16.7 Å². The Morgan fingerprint density at radius 3 is 2.18 bits per heavy atom. The van der Waals surface area contributed by atoms with Gasteiger partial charge in [0.1, 0.15) is 0 Å². The van der Waals surface area contributed by atoms with Gasteiger partial charge in [0.15, 0.2) is 11.6 Å². The maximum Gasteiger partial charge on any atom is 0.198 e. The molecule has 2 aromatic carbocycles. The van der Waals surface area contributed by atoms with Gasteiger partial charge in [-0.25, -0.2) is 4.98 Å². The van der Waals surface area contributed by atoms with Gasteiger partial charge < -0.3 is 4.57 Å². The summed E-state index contributed by atoms with van der Waals surface area (Å²) >= 11 is 0. The van der Waals surface area contributed by atoms with Gasteiger partial charge in [-0.05, 0) is 6.42 Å². The van der Waals surface area contributed by atoms with Crippen LogP contribution in [0.2, 0.25) is 0 Å². The molecule has 0 aliphatic carbocycles. The largest absolute Gasteiger partial charge is 0.321 e. The van der Waals surface area contributed by atoms with E-state index in [0.29, 0.717) is 12.2 Å². The van der Waals surface area contributed by atoms with Crippen LogP contribution >= 0.6 is 0 Å². The van der Waals surface area contributed by atoms with Gasteiger partial charge in [-0.2, -0.15) is 0 Å². The second-order valence-electron chi connectivity index (χ2n) is 5.54. The van der Waals surface area contributed by atoms with Crippen molar-refractivity contribution in [3.05, 3.63) is 66.5 Å². The third kappa shape index (κ3) is 2.06. The van der Waals surface area contributed by atoms with Crippen molar-refractivity contribution < 1.29 is 4.79 Å². The number of benzene rings is 2. The zero-order chi connectivity index (χ0) is 14.9. The lowest BCUT2D eigenvalue weighted by atomic mass is 10.0. The second-order valence-corrected chi connectivity index (χ2v) is 5.54. The number of imidazole rings is 1. The maximum atomic E-state index is 12.2.